The molecule has 1 aliphatic heterocycles. The predicted molar refractivity (Wildman–Crippen MR) is 100 cm³/mol. The van der Waals surface area contributed by atoms with Crippen molar-refractivity contribution in [1.82, 2.24) is 25.1 Å². The SMILES string of the molecule is O=C(NC[C@@H]1CCCO[C@H]1c1cn[nH]c1)c1cccc(Cn2ccnc2)c1. The molecule has 7 nitrogen and oxygen atoms in total. The van der Waals surface area contributed by atoms with Gasteiger partial charge in [-0.1, -0.05) is 12.1 Å². The van der Waals surface area contributed by atoms with Crippen LogP contribution in [-0.2, 0) is 11.3 Å². The van der Waals surface area contributed by atoms with Gasteiger partial charge in [-0.3, -0.25) is 9.89 Å². The second-order valence-corrected chi connectivity index (χ2v) is 6.87. The molecule has 2 aromatic heterocycles. The van der Waals surface area contributed by atoms with Gasteiger partial charge in [0.2, 0.25) is 0 Å². The maximum Gasteiger partial charge on any atom is 0.251 e. The third kappa shape index (κ3) is 4.25. The maximum atomic E-state index is 12.6. The molecule has 4 rings (SSSR count). The Hall–Kier alpha value is -2.93. The minimum atomic E-state index is -0.0565. The van der Waals surface area contributed by atoms with Crippen LogP contribution in [0.3, 0.4) is 0 Å². The van der Waals surface area contributed by atoms with Gasteiger partial charge in [-0.2, -0.15) is 5.10 Å². The first-order valence-electron chi connectivity index (χ1n) is 9.23. The molecule has 1 aromatic carbocycles. The van der Waals surface area contributed by atoms with E-state index in [9.17, 15) is 4.79 Å². The van der Waals surface area contributed by atoms with Crippen molar-refractivity contribution in [2.24, 2.45) is 5.92 Å². The van der Waals surface area contributed by atoms with Crippen molar-refractivity contribution in [3.63, 3.8) is 0 Å². The summed E-state index contributed by atoms with van der Waals surface area (Å²) in [7, 11) is 0. The average Bonchev–Trinajstić information content (AvgIpc) is 3.41. The van der Waals surface area contributed by atoms with E-state index < -0.39 is 0 Å². The quantitative estimate of drug-likeness (QED) is 0.703. The van der Waals surface area contributed by atoms with Crippen LogP contribution in [0.5, 0.6) is 0 Å². The molecule has 1 saturated heterocycles. The Morgan fingerprint density at radius 2 is 2.37 bits per heavy atom. The van der Waals surface area contributed by atoms with E-state index >= 15 is 0 Å². The highest BCUT2D eigenvalue weighted by Crippen LogP contribution is 2.32. The second kappa shape index (κ2) is 8.18. The number of ether oxygens (including phenoxy) is 1. The first-order chi connectivity index (χ1) is 13.3. The van der Waals surface area contributed by atoms with Gasteiger partial charge in [0.25, 0.3) is 5.91 Å². The number of carbonyl (C=O) groups is 1. The molecule has 0 bridgehead atoms. The zero-order valence-corrected chi connectivity index (χ0v) is 15.0. The number of H-pyrrole nitrogens is 1. The van der Waals surface area contributed by atoms with E-state index in [1.165, 1.54) is 0 Å². The molecule has 2 atom stereocenters. The van der Waals surface area contributed by atoms with Gasteiger partial charge in [0, 0.05) is 55.3 Å². The van der Waals surface area contributed by atoms with E-state index in [4.69, 9.17) is 4.74 Å². The Bertz CT molecular complexity index is 860. The number of amides is 1. The molecule has 1 fully saturated rings. The predicted octanol–water partition coefficient (Wildman–Crippen LogP) is 2.55. The summed E-state index contributed by atoms with van der Waals surface area (Å²) in [5, 5.41) is 9.93. The third-order valence-corrected chi connectivity index (χ3v) is 4.93. The van der Waals surface area contributed by atoms with Gasteiger partial charge in [0.1, 0.15) is 0 Å². The number of imidazole rings is 1. The van der Waals surface area contributed by atoms with Crippen LogP contribution in [0, 0.1) is 5.92 Å². The molecule has 1 amide bonds. The number of hydrogen-bond acceptors (Lipinski definition) is 4. The molecule has 3 aromatic rings. The molecule has 27 heavy (non-hydrogen) atoms. The van der Waals surface area contributed by atoms with Crippen LogP contribution in [0.2, 0.25) is 0 Å². The Morgan fingerprint density at radius 1 is 1.41 bits per heavy atom. The third-order valence-electron chi connectivity index (χ3n) is 4.93. The van der Waals surface area contributed by atoms with Crippen molar-refractivity contribution in [3.8, 4) is 0 Å². The molecule has 140 valence electrons. The van der Waals surface area contributed by atoms with E-state index in [-0.39, 0.29) is 17.9 Å². The molecular formula is C20H23N5O2. The fourth-order valence-electron chi connectivity index (χ4n) is 3.57. The standard InChI is InChI=1S/C20H23N5O2/c26-20(16-4-1-3-15(9-16)13-25-7-6-21-14-25)22-10-17-5-2-8-27-19(17)18-11-23-24-12-18/h1,3-4,6-7,9,11-12,14,17,19H,2,5,8,10,13H2,(H,22,26)(H,23,24)/t17-,19+/m0/s1. The number of nitrogens with zero attached hydrogens (tertiary/aromatic N) is 3. The smallest absolute Gasteiger partial charge is 0.251 e. The summed E-state index contributed by atoms with van der Waals surface area (Å²) in [6, 6.07) is 7.71. The summed E-state index contributed by atoms with van der Waals surface area (Å²) in [6.07, 6.45) is 11.1. The second-order valence-electron chi connectivity index (χ2n) is 6.87. The molecule has 0 radical (unpaired) electrons. The monoisotopic (exact) mass is 365 g/mol. The number of carbonyl (C=O) groups excluding carboxylic acids is 1. The van der Waals surface area contributed by atoms with Gasteiger partial charge >= 0.3 is 0 Å². The van der Waals surface area contributed by atoms with Crippen LogP contribution in [0.25, 0.3) is 0 Å². The number of rotatable bonds is 6. The number of hydrogen-bond donors (Lipinski definition) is 2. The minimum absolute atomic E-state index is 0.0228. The van der Waals surface area contributed by atoms with Crippen molar-refractivity contribution in [1.29, 1.82) is 0 Å². The molecule has 0 aliphatic carbocycles. The Labute approximate surface area is 157 Å². The van der Waals surface area contributed by atoms with Gasteiger partial charge < -0.3 is 14.6 Å². The van der Waals surface area contributed by atoms with E-state index in [2.05, 4.69) is 20.5 Å². The van der Waals surface area contributed by atoms with Crippen molar-refractivity contribution >= 4 is 5.91 Å². The summed E-state index contributed by atoms with van der Waals surface area (Å²) < 4.78 is 7.91. The van der Waals surface area contributed by atoms with Crippen molar-refractivity contribution in [3.05, 3.63) is 72.1 Å². The maximum absolute atomic E-state index is 12.6. The van der Waals surface area contributed by atoms with Crippen molar-refractivity contribution in [2.75, 3.05) is 13.2 Å². The molecule has 1 aliphatic rings. The van der Waals surface area contributed by atoms with E-state index in [1.54, 1.807) is 18.7 Å². The molecule has 2 N–H and O–H groups in total. The normalized spacial score (nSPS) is 19.7. The summed E-state index contributed by atoms with van der Waals surface area (Å²) >= 11 is 0. The summed E-state index contributed by atoms with van der Waals surface area (Å²) in [5.74, 6) is 0.188. The minimum Gasteiger partial charge on any atom is -0.373 e. The highest BCUT2D eigenvalue weighted by atomic mass is 16.5. The van der Waals surface area contributed by atoms with Crippen LogP contribution in [0.15, 0.2) is 55.4 Å². The van der Waals surface area contributed by atoms with Gasteiger partial charge in [-0.25, -0.2) is 4.98 Å². The number of aromatic amines is 1. The largest absolute Gasteiger partial charge is 0.373 e. The zero-order chi connectivity index (χ0) is 18.5. The van der Waals surface area contributed by atoms with Crippen LogP contribution < -0.4 is 5.32 Å². The molecule has 3 heterocycles. The Balaban J connectivity index is 1.38. The van der Waals surface area contributed by atoms with Crippen LogP contribution in [0.4, 0.5) is 0 Å². The lowest BCUT2D eigenvalue weighted by atomic mass is 9.91. The lowest BCUT2D eigenvalue weighted by molar-refractivity contribution is -0.0272. The highest BCUT2D eigenvalue weighted by molar-refractivity contribution is 5.94. The molecule has 0 spiro atoms. The van der Waals surface area contributed by atoms with E-state index in [0.29, 0.717) is 18.7 Å². The fourth-order valence-corrected chi connectivity index (χ4v) is 3.57. The van der Waals surface area contributed by atoms with Crippen LogP contribution in [0.1, 0.15) is 40.4 Å². The zero-order valence-electron chi connectivity index (χ0n) is 15.0. The molecule has 7 heteroatoms. The number of benzene rings is 1. The summed E-state index contributed by atoms with van der Waals surface area (Å²) in [5.41, 5.74) is 2.78. The summed E-state index contributed by atoms with van der Waals surface area (Å²) in [4.78, 5) is 16.7. The molecule has 0 unspecified atom stereocenters. The van der Waals surface area contributed by atoms with Crippen molar-refractivity contribution in [2.45, 2.75) is 25.5 Å². The first kappa shape index (κ1) is 17.5. The summed E-state index contributed by atoms with van der Waals surface area (Å²) in [6.45, 7) is 2.02. The fraction of sp³-hybridized carbons (Fsp3) is 0.350. The van der Waals surface area contributed by atoms with Crippen LogP contribution in [-0.4, -0.2) is 38.8 Å². The highest BCUT2D eigenvalue weighted by Gasteiger charge is 2.28. The lowest BCUT2D eigenvalue weighted by Crippen LogP contribution is -2.35. The van der Waals surface area contributed by atoms with Crippen LogP contribution >= 0.6 is 0 Å². The Kier molecular flexibility index (Phi) is 5.29. The van der Waals surface area contributed by atoms with Gasteiger partial charge in [-0.05, 0) is 30.5 Å². The van der Waals surface area contributed by atoms with E-state index in [0.717, 1.165) is 30.6 Å². The van der Waals surface area contributed by atoms with Gasteiger partial charge in [0.15, 0.2) is 0 Å². The topological polar surface area (TPSA) is 84.8 Å². The van der Waals surface area contributed by atoms with Gasteiger partial charge in [0.05, 0.1) is 18.6 Å². The molecular weight excluding hydrogens is 342 g/mol. The molecule has 0 saturated carbocycles. The average molecular weight is 365 g/mol. The first-order valence-corrected chi connectivity index (χ1v) is 9.23. The number of nitrogens with one attached hydrogen (secondary N) is 2. The van der Waals surface area contributed by atoms with E-state index in [1.807, 2.05) is 41.2 Å². The Morgan fingerprint density at radius 3 is 3.19 bits per heavy atom. The number of aromatic nitrogens is 4. The lowest BCUT2D eigenvalue weighted by Gasteiger charge is -2.31. The van der Waals surface area contributed by atoms with Crippen molar-refractivity contribution < 1.29 is 9.53 Å². The van der Waals surface area contributed by atoms with Gasteiger partial charge in [-0.15, -0.1) is 0 Å².